The second-order valence-electron chi connectivity index (χ2n) is 5.07. The molecular formula is C16H12BrClF2N4O2S. The summed E-state index contributed by atoms with van der Waals surface area (Å²) < 4.78 is 38.9. The van der Waals surface area contributed by atoms with Gasteiger partial charge < -0.3 is 9.15 Å². The van der Waals surface area contributed by atoms with Crippen LogP contribution in [-0.2, 0) is 6.61 Å². The van der Waals surface area contributed by atoms with Crippen LogP contribution in [0.5, 0.6) is 5.75 Å². The number of ether oxygens (including phenoxy) is 1. The Kier molecular flexibility index (Phi) is 6.51. The van der Waals surface area contributed by atoms with Crippen LogP contribution in [0.2, 0.25) is 5.02 Å². The third-order valence-corrected chi connectivity index (χ3v) is 4.67. The van der Waals surface area contributed by atoms with E-state index in [2.05, 4.69) is 31.2 Å². The first kappa shape index (κ1) is 19.8. The van der Waals surface area contributed by atoms with Gasteiger partial charge in [0.05, 0.1) is 11.2 Å². The zero-order chi connectivity index (χ0) is 19.4. The summed E-state index contributed by atoms with van der Waals surface area (Å²) in [5, 5.41) is 11.8. The molecule has 0 fully saturated rings. The van der Waals surface area contributed by atoms with Gasteiger partial charge in [0.25, 0.3) is 6.43 Å². The average Bonchev–Trinajstić information content (AvgIpc) is 3.25. The van der Waals surface area contributed by atoms with Gasteiger partial charge in [0, 0.05) is 4.47 Å². The van der Waals surface area contributed by atoms with E-state index >= 15 is 0 Å². The van der Waals surface area contributed by atoms with Gasteiger partial charge >= 0.3 is 0 Å². The summed E-state index contributed by atoms with van der Waals surface area (Å²) in [4.78, 5) is 0. The number of hydrogen-bond acceptors (Lipinski definition) is 6. The fraction of sp³-hybridized carbons (Fsp3) is 0.188. The lowest BCUT2D eigenvalue weighted by Gasteiger charge is -2.06. The van der Waals surface area contributed by atoms with Crippen LogP contribution in [0.4, 0.5) is 8.78 Å². The Bertz CT molecular complexity index is 964. The highest BCUT2D eigenvalue weighted by atomic mass is 79.9. The molecule has 0 saturated heterocycles. The predicted molar refractivity (Wildman–Crippen MR) is 102 cm³/mol. The second kappa shape index (κ2) is 8.85. The quantitative estimate of drug-likeness (QED) is 0.336. The van der Waals surface area contributed by atoms with Crippen LogP contribution >= 0.6 is 39.3 Å². The maximum atomic E-state index is 13.0. The molecule has 3 rings (SSSR count). The summed E-state index contributed by atoms with van der Waals surface area (Å²) in [6.07, 6.45) is 0.220. The molecule has 142 valence electrons. The molecule has 3 aromatic rings. The molecule has 0 aliphatic rings. The number of aromatic nitrogens is 3. The topological polar surface area (TPSA) is 65.4 Å². The minimum absolute atomic E-state index is 0.153. The number of thioether (sulfide) groups is 1. The Balaban J connectivity index is 1.69. The van der Waals surface area contributed by atoms with E-state index in [-0.39, 0.29) is 11.8 Å². The summed E-state index contributed by atoms with van der Waals surface area (Å²) in [5.74, 6) is 0.882. The van der Waals surface area contributed by atoms with Gasteiger partial charge in [-0.3, -0.25) is 0 Å². The lowest BCUT2D eigenvalue weighted by molar-refractivity contribution is 0.135. The molecule has 0 N–H and O–H groups in total. The molecular weight excluding hydrogens is 466 g/mol. The van der Waals surface area contributed by atoms with Crippen molar-refractivity contribution in [1.29, 1.82) is 0 Å². The number of halogens is 4. The minimum Gasteiger partial charge on any atom is -0.484 e. The van der Waals surface area contributed by atoms with Gasteiger partial charge in [-0.25, -0.2) is 8.78 Å². The van der Waals surface area contributed by atoms with Crippen LogP contribution in [0.1, 0.15) is 23.8 Å². The molecule has 0 spiro atoms. The molecule has 6 nitrogen and oxygen atoms in total. The zero-order valence-electron chi connectivity index (χ0n) is 13.8. The van der Waals surface area contributed by atoms with E-state index in [4.69, 9.17) is 20.8 Å². The van der Waals surface area contributed by atoms with Crippen molar-refractivity contribution in [3.05, 3.63) is 57.2 Å². The third kappa shape index (κ3) is 4.88. The lowest BCUT2D eigenvalue weighted by atomic mass is 10.3. The van der Waals surface area contributed by atoms with Crippen LogP contribution in [0.25, 0.3) is 0 Å². The Morgan fingerprint density at radius 1 is 1.37 bits per heavy atom. The first-order valence-electron chi connectivity index (χ1n) is 7.46. The monoisotopic (exact) mass is 476 g/mol. The van der Waals surface area contributed by atoms with Crippen LogP contribution in [0.3, 0.4) is 0 Å². The van der Waals surface area contributed by atoms with Gasteiger partial charge in [0.2, 0.25) is 11.0 Å². The Morgan fingerprint density at radius 3 is 2.89 bits per heavy atom. The fourth-order valence-corrected chi connectivity index (χ4v) is 3.21. The van der Waals surface area contributed by atoms with Crippen molar-refractivity contribution in [3.63, 3.8) is 0 Å². The molecule has 2 heterocycles. The SMILES string of the molecule is CSc1nnc(C(F)F)n1/N=C/c1ccc(COc2ccc(Br)cc2Cl)o1. The molecule has 11 heteroatoms. The number of nitrogens with zero attached hydrogens (tertiary/aromatic N) is 4. The highest BCUT2D eigenvalue weighted by Gasteiger charge is 2.19. The molecule has 0 aliphatic heterocycles. The molecule has 0 radical (unpaired) electrons. The summed E-state index contributed by atoms with van der Waals surface area (Å²) >= 11 is 10.6. The van der Waals surface area contributed by atoms with Crippen LogP contribution in [0.15, 0.2) is 49.5 Å². The van der Waals surface area contributed by atoms with Crippen molar-refractivity contribution in [2.45, 2.75) is 18.2 Å². The van der Waals surface area contributed by atoms with Gasteiger partial charge in [0.15, 0.2) is 0 Å². The predicted octanol–water partition coefficient (Wildman–Crippen LogP) is 5.41. The molecule has 27 heavy (non-hydrogen) atoms. The van der Waals surface area contributed by atoms with Gasteiger partial charge in [-0.2, -0.15) is 9.78 Å². The van der Waals surface area contributed by atoms with E-state index in [1.807, 2.05) is 6.07 Å². The van der Waals surface area contributed by atoms with Crippen molar-refractivity contribution in [2.75, 3.05) is 6.26 Å². The Labute approximate surface area is 170 Å². The van der Waals surface area contributed by atoms with E-state index in [1.165, 1.54) is 6.21 Å². The summed E-state index contributed by atoms with van der Waals surface area (Å²) in [7, 11) is 0. The van der Waals surface area contributed by atoms with Crippen molar-refractivity contribution in [1.82, 2.24) is 14.9 Å². The molecule has 0 aliphatic carbocycles. The maximum absolute atomic E-state index is 13.0. The molecule has 0 unspecified atom stereocenters. The minimum atomic E-state index is -2.79. The third-order valence-electron chi connectivity index (χ3n) is 3.26. The van der Waals surface area contributed by atoms with E-state index in [9.17, 15) is 8.78 Å². The van der Waals surface area contributed by atoms with E-state index < -0.39 is 12.2 Å². The van der Waals surface area contributed by atoms with Crippen molar-refractivity contribution in [3.8, 4) is 5.75 Å². The standard InChI is InChI=1S/C16H12BrClF2N4O2S/c1-27-16-23-22-15(14(19)20)24(16)21-7-10-3-4-11(26-10)8-25-13-5-2-9(17)6-12(13)18/h2-7,14H,8H2,1H3/b21-7+. The van der Waals surface area contributed by atoms with Crippen molar-refractivity contribution in [2.24, 2.45) is 5.10 Å². The fourth-order valence-electron chi connectivity index (χ4n) is 2.05. The van der Waals surface area contributed by atoms with Crippen LogP contribution in [-0.4, -0.2) is 27.3 Å². The first-order chi connectivity index (χ1) is 13.0. The maximum Gasteiger partial charge on any atom is 0.299 e. The first-order valence-corrected chi connectivity index (χ1v) is 9.86. The molecule has 2 aromatic heterocycles. The molecule has 0 bridgehead atoms. The van der Waals surface area contributed by atoms with Gasteiger partial charge in [-0.05, 0) is 36.6 Å². The number of furan rings is 1. The molecule has 0 atom stereocenters. The highest BCUT2D eigenvalue weighted by Crippen LogP contribution is 2.28. The number of hydrogen-bond donors (Lipinski definition) is 0. The molecule has 0 saturated carbocycles. The number of rotatable bonds is 7. The zero-order valence-corrected chi connectivity index (χ0v) is 16.9. The lowest BCUT2D eigenvalue weighted by Crippen LogP contribution is -2.00. The smallest absolute Gasteiger partial charge is 0.299 e. The van der Waals surface area contributed by atoms with E-state index in [0.29, 0.717) is 22.3 Å². The van der Waals surface area contributed by atoms with Crippen molar-refractivity contribution >= 4 is 45.5 Å². The van der Waals surface area contributed by atoms with Gasteiger partial charge in [-0.15, -0.1) is 10.2 Å². The average molecular weight is 478 g/mol. The van der Waals surface area contributed by atoms with Crippen LogP contribution < -0.4 is 4.74 Å². The van der Waals surface area contributed by atoms with E-state index in [0.717, 1.165) is 20.9 Å². The number of alkyl halides is 2. The largest absolute Gasteiger partial charge is 0.484 e. The summed E-state index contributed by atoms with van der Waals surface area (Å²) in [5.41, 5.74) is 0. The number of benzene rings is 1. The van der Waals surface area contributed by atoms with Gasteiger partial charge in [-0.1, -0.05) is 39.3 Å². The highest BCUT2D eigenvalue weighted by molar-refractivity contribution is 9.10. The van der Waals surface area contributed by atoms with E-state index in [1.54, 1.807) is 30.5 Å². The molecule has 1 aromatic carbocycles. The Hall–Kier alpha value is -1.91. The summed E-state index contributed by atoms with van der Waals surface area (Å²) in [6.45, 7) is 0.153. The second-order valence-corrected chi connectivity index (χ2v) is 7.17. The van der Waals surface area contributed by atoms with Gasteiger partial charge in [0.1, 0.15) is 23.9 Å². The summed E-state index contributed by atoms with van der Waals surface area (Å²) in [6, 6.07) is 8.62. The Morgan fingerprint density at radius 2 is 2.19 bits per heavy atom. The molecule has 0 amide bonds. The van der Waals surface area contributed by atoms with Crippen molar-refractivity contribution < 1.29 is 17.9 Å². The van der Waals surface area contributed by atoms with Crippen LogP contribution in [0, 0.1) is 0 Å². The normalized spacial score (nSPS) is 11.6.